The predicted molar refractivity (Wildman–Crippen MR) is 78.2 cm³/mol. The van der Waals surface area contributed by atoms with Gasteiger partial charge in [0.25, 0.3) is 5.91 Å². The zero-order valence-electron chi connectivity index (χ0n) is 12.2. The van der Waals surface area contributed by atoms with Crippen LogP contribution in [-0.2, 0) is 25.5 Å². The van der Waals surface area contributed by atoms with E-state index in [1.165, 1.54) is 7.11 Å². The Morgan fingerprint density at radius 2 is 2.05 bits per heavy atom. The first kappa shape index (κ1) is 14.2. The highest BCUT2D eigenvalue weighted by atomic mass is 16.5. The lowest BCUT2D eigenvalue weighted by Crippen LogP contribution is -2.36. The summed E-state index contributed by atoms with van der Waals surface area (Å²) < 4.78 is 4.62. The van der Waals surface area contributed by atoms with Crippen molar-refractivity contribution >= 4 is 29.2 Å². The Morgan fingerprint density at radius 1 is 1.32 bits per heavy atom. The highest BCUT2D eigenvalue weighted by molar-refractivity contribution is 6.46. The van der Waals surface area contributed by atoms with Crippen LogP contribution in [0.4, 0.5) is 5.69 Å². The van der Waals surface area contributed by atoms with E-state index in [-0.39, 0.29) is 5.71 Å². The lowest BCUT2D eigenvalue weighted by molar-refractivity contribution is -0.133. The minimum atomic E-state index is -0.926. The van der Waals surface area contributed by atoms with E-state index in [1.807, 2.05) is 19.1 Å². The van der Waals surface area contributed by atoms with Gasteiger partial charge in [-0.2, -0.15) is 5.10 Å². The highest BCUT2D eigenvalue weighted by Crippen LogP contribution is 2.32. The summed E-state index contributed by atoms with van der Waals surface area (Å²) in [5.41, 5.74) is 3.97. The number of aryl methyl sites for hydroxylation is 1. The van der Waals surface area contributed by atoms with Crippen LogP contribution in [0.25, 0.3) is 0 Å². The number of esters is 1. The molecule has 2 aliphatic rings. The summed E-state index contributed by atoms with van der Waals surface area (Å²) >= 11 is 0. The normalized spacial score (nSPS) is 23.2. The number of nitrogens with one attached hydrogen (secondary N) is 1. The standard InChI is InChI=1S/C15H15N3O4/c1-3-8-6-4-5-7-9(8)18-13(19)10-11(14(18)20)16-17-12(10)15(21)22-2/h4-7,10-11,16H,3H2,1-2H3/t10-,11-/m1/s1. The number of fused-ring (bicyclic) bond motifs is 1. The first-order valence-electron chi connectivity index (χ1n) is 6.97. The van der Waals surface area contributed by atoms with Gasteiger partial charge in [0.2, 0.25) is 5.91 Å². The van der Waals surface area contributed by atoms with Crippen molar-refractivity contribution in [1.29, 1.82) is 0 Å². The van der Waals surface area contributed by atoms with Gasteiger partial charge in [-0.25, -0.2) is 9.69 Å². The van der Waals surface area contributed by atoms with Crippen molar-refractivity contribution in [1.82, 2.24) is 5.43 Å². The molecule has 0 saturated carbocycles. The van der Waals surface area contributed by atoms with Crippen molar-refractivity contribution in [2.75, 3.05) is 12.0 Å². The third-order valence-electron chi connectivity index (χ3n) is 3.93. The van der Waals surface area contributed by atoms with Gasteiger partial charge in [0.1, 0.15) is 12.0 Å². The highest BCUT2D eigenvalue weighted by Gasteiger charge is 2.55. The van der Waals surface area contributed by atoms with Crippen molar-refractivity contribution in [2.24, 2.45) is 11.0 Å². The molecule has 0 bridgehead atoms. The Hall–Kier alpha value is -2.70. The molecule has 1 aromatic rings. The van der Waals surface area contributed by atoms with Gasteiger partial charge in [-0.1, -0.05) is 25.1 Å². The monoisotopic (exact) mass is 301 g/mol. The number of amides is 2. The Balaban J connectivity index is 2.00. The van der Waals surface area contributed by atoms with Crippen molar-refractivity contribution in [3.63, 3.8) is 0 Å². The maximum absolute atomic E-state index is 12.7. The number of hydrogen-bond acceptors (Lipinski definition) is 6. The Labute approximate surface area is 126 Å². The van der Waals surface area contributed by atoms with Crippen LogP contribution in [0.5, 0.6) is 0 Å². The van der Waals surface area contributed by atoms with E-state index >= 15 is 0 Å². The molecular weight excluding hydrogens is 286 g/mol. The van der Waals surface area contributed by atoms with E-state index in [2.05, 4.69) is 15.3 Å². The lowest BCUT2D eigenvalue weighted by atomic mass is 9.99. The molecule has 114 valence electrons. The van der Waals surface area contributed by atoms with E-state index < -0.39 is 29.7 Å². The number of para-hydroxylation sites is 1. The molecule has 2 atom stereocenters. The molecule has 7 heteroatoms. The van der Waals surface area contributed by atoms with Gasteiger partial charge in [-0.3, -0.25) is 15.0 Å². The van der Waals surface area contributed by atoms with Crippen LogP contribution in [0.1, 0.15) is 12.5 Å². The summed E-state index contributed by atoms with van der Waals surface area (Å²) in [6, 6.07) is 6.38. The Bertz CT molecular complexity index is 698. The van der Waals surface area contributed by atoms with Gasteiger partial charge in [0.05, 0.1) is 12.8 Å². The van der Waals surface area contributed by atoms with Crippen LogP contribution in [0.2, 0.25) is 0 Å². The molecule has 2 amide bonds. The number of rotatable bonds is 3. The van der Waals surface area contributed by atoms with E-state index in [4.69, 9.17) is 0 Å². The minimum absolute atomic E-state index is 0.0534. The van der Waals surface area contributed by atoms with Gasteiger partial charge in [0, 0.05) is 0 Å². The van der Waals surface area contributed by atoms with Gasteiger partial charge >= 0.3 is 5.97 Å². The number of ether oxygens (including phenoxy) is 1. The summed E-state index contributed by atoms with van der Waals surface area (Å²) in [5, 5.41) is 3.79. The number of carbonyl (C=O) groups is 3. The molecule has 0 aliphatic carbocycles. The molecule has 0 spiro atoms. The maximum Gasteiger partial charge on any atom is 0.355 e. The van der Waals surface area contributed by atoms with Crippen molar-refractivity contribution < 1.29 is 19.1 Å². The zero-order valence-corrected chi connectivity index (χ0v) is 12.2. The van der Waals surface area contributed by atoms with Crippen LogP contribution in [0, 0.1) is 5.92 Å². The van der Waals surface area contributed by atoms with Gasteiger partial charge in [-0.15, -0.1) is 0 Å². The van der Waals surface area contributed by atoms with E-state index in [1.54, 1.807) is 12.1 Å². The fourth-order valence-corrected chi connectivity index (χ4v) is 2.83. The molecule has 0 radical (unpaired) electrons. The molecule has 1 aromatic carbocycles. The summed E-state index contributed by atoms with van der Waals surface area (Å²) in [6.45, 7) is 1.95. The second-order valence-corrected chi connectivity index (χ2v) is 5.07. The fourth-order valence-electron chi connectivity index (χ4n) is 2.83. The van der Waals surface area contributed by atoms with Crippen LogP contribution >= 0.6 is 0 Å². The number of hydrazone groups is 1. The van der Waals surface area contributed by atoms with Crippen LogP contribution in [0.3, 0.4) is 0 Å². The number of methoxy groups -OCH3 is 1. The largest absolute Gasteiger partial charge is 0.464 e. The fraction of sp³-hybridized carbons (Fsp3) is 0.333. The second-order valence-electron chi connectivity index (χ2n) is 5.07. The number of anilines is 1. The van der Waals surface area contributed by atoms with Gasteiger partial charge in [0.15, 0.2) is 5.71 Å². The minimum Gasteiger partial charge on any atom is -0.464 e. The molecule has 0 unspecified atom stereocenters. The van der Waals surface area contributed by atoms with Crippen LogP contribution in [-0.4, -0.2) is 36.6 Å². The number of imide groups is 1. The Kier molecular flexibility index (Phi) is 3.40. The van der Waals surface area contributed by atoms with Crippen molar-refractivity contribution in [3.8, 4) is 0 Å². The molecule has 7 nitrogen and oxygen atoms in total. The number of benzene rings is 1. The first-order valence-corrected chi connectivity index (χ1v) is 6.97. The lowest BCUT2D eigenvalue weighted by Gasteiger charge is -2.18. The first-order chi connectivity index (χ1) is 10.6. The SMILES string of the molecule is CCc1ccccc1N1C(=O)[C@H]2C(C(=O)OC)=NN[C@H]2C1=O. The number of carbonyl (C=O) groups excluding carboxylic acids is 3. The molecule has 2 aliphatic heterocycles. The smallest absolute Gasteiger partial charge is 0.355 e. The molecule has 1 saturated heterocycles. The Morgan fingerprint density at radius 3 is 2.73 bits per heavy atom. The van der Waals surface area contributed by atoms with E-state index in [0.29, 0.717) is 12.1 Å². The third kappa shape index (κ3) is 1.89. The van der Waals surface area contributed by atoms with Crippen LogP contribution < -0.4 is 10.3 Å². The molecule has 22 heavy (non-hydrogen) atoms. The van der Waals surface area contributed by atoms with E-state index in [9.17, 15) is 14.4 Å². The second kappa shape index (κ2) is 5.25. The summed E-state index contributed by atoms with van der Waals surface area (Å²) in [5.74, 6) is -2.49. The van der Waals surface area contributed by atoms with Crippen molar-refractivity contribution in [3.05, 3.63) is 29.8 Å². The summed E-state index contributed by atoms with van der Waals surface area (Å²) in [7, 11) is 1.21. The van der Waals surface area contributed by atoms with Gasteiger partial charge in [-0.05, 0) is 18.1 Å². The molecule has 1 N–H and O–H groups in total. The molecule has 3 rings (SSSR count). The third-order valence-corrected chi connectivity index (χ3v) is 3.93. The molecule has 2 heterocycles. The van der Waals surface area contributed by atoms with E-state index in [0.717, 1.165) is 10.5 Å². The van der Waals surface area contributed by atoms with Crippen molar-refractivity contribution in [2.45, 2.75) is 19.4 Å². The average Bonchev–Trinajstić information content (AvgIpc) is 3.08. The zero-order chi connectivity index (χ0) is 15.9. The topological polar surface area (TPSA) is 88.1 Å². The molecule has 1 fully saturated rings. The van der Waals surface area contributed by atoms with Crippen LogP contribution in [0.15, 0.2) is 29.4 Å². The molecule has 0 aromatic heterocycles. The average molecular weight is 301 g/mol. The maximum atomic E-state index is 12.7. The van der Waals surface area contributed by atoms with Gasteiger partial charge < -0.3 is 4.74 Å². The quantitative estimate of drug-likeness (QED) is 0.638. The summed E-state index contributed by atoms with van der Waals surface area (Å²) in [4.78, 5) is 38.1. The summed E-state index contributed by atoms with van der Waals surface area (Å²) in [6.07, 6.45) is 0.688. The number of nitrogens with zero attached hydrogens (tertiary/aromatic N) is 2. The predicted octanol–water partition coefficient (Wildman–Crippen LogP) is 0.239. The number of hydrogen-bond donors (Lipinski definition) is 1. The molecular formula is C15H15N3O4.